The van der Waals surface area contributed by atoms with Crippen molar-refractivity contribution >= 4 is 11.9 Å². The van der Waals surface area contributed by atoms with Gasteiger partial charge in [0, 0.05) is 39.3 Å². The maximum Gasteiger partial charge on any atom is 0.573 e. The van der Waals surface area contributed by atoms with Crippen LogP contribution in [0.5, 0.6) is 5.75 Å². The van der Waals surface area contributed by atoms with Crippen molar-refractivity contribution in [2.24, 2.45) is 0 Å². The fraction of sp³-hybridized carbons (Fsp3) is 0.556. The molecule has 1 aliphatic rings. The number of amides is 3. The molecule has 1 atom stereocenters. The average molecular weight is 402 g/mol. The van der Waals surface area contributed by atoms with Gasteiger partial charge in [-0.05, 0) is 31.5 Å². The second kappa shape index (κ2) is 9.74. The summed E-state index contributed by atoms with van der Waals surface area (Å²) in [6, 6.07) is 4.88. The maximum absolute atomic E-state index is 12.2. The van der Waals surface area contributed by atoms with Gasteiger partial charge in [-0.15, -0.1) is 13.2 Å². The first-order valence-electron chi connectivity index (χ1n) is 9.07. The van der Waals surface area contributed by atoms with Crippen LogP contribution in [0.2, 0.25) is 0 Å². The zero-order valence-corrected chi connectivity index (χ0v) is 15.9. The van der Waals surface area contributed by atoms with Crippen molar-refractivity contribution in [2.45, 2.75) is 32.8 Å². The van der Waals surface area contributed by atoms with Gasteiger partial charge in [-0.3, -0.25) is 19.9 Å². The first-order valence-corrected chi connectivity index (χ1v) is 9.07. The molecule has 2 rings (SSSR count). The number of benzene rings is 1. The molecule has 0 spiro atoms. The summed E-state index contributed by atoms with van der Waals surface area (Å²) in [6.07, 6.45) is -4.70. The van der Waals surface area contributed by atoms with E-state index in [0.29, 0.717) is 39.3 Å². The van der Waals surface area contributed by atoms with Gasteiger partial charge in [-0.2, -0.15) is 0 Å². The van der Waals surface area contributed by atoms with Gasteiger partial charge in [-0.25, -0.2) is 4.79 Å². The fourth-order valence-corrected chi connectivity index (χ4v) is 2.95. The molecule has 2 N–H and O–H groups in total. The SMILES string of the molecule is CCNC(=O)NC(=O)[C@@H](C)N1CCN(Cc2ccc(OC(F)(F)F)cc2)CC1. The lowest BCUT2D eigenvalue weighted by atomic mass is 10.1. The van der Waals surface area contributed by atoms with E-state index in [1.165, 1.54) is 12.1 Å². The third-order valence-corrected chi connectivity index (χ3v) is 4.47. The Labute approximate surface area is 161 Å². The van der Waals surface area contributed by atoms with E-state index in [-0.39, 0.29) is 11.7 Å². The number of alkyl halides is 3. The van der Waals surface area contributed by atoms with Crippen LogP contribution in [0.25, 0.3) is 0 Å². The fourth-order valence-electron chi connectivity index (χ4n) is 2.95. The van der Waals surface area contributed by atoms with Gasteiger partial charge in [0.15, 0.2) is 0 Å². The number of piperazine rings is 1. The zero-order chi connectivity index (χ0) is 20.7. The molecule has 1 saturated heterocycles. The van der Waals surface area contributed by atoms with Crippen LogP contribution in [0.4, 0.5) is 18.0 Å². The number of nitrogens with one attached hydrogen (secondary N) is 2. The summed E-state index contributed by atoms with van der Waals surface area (Å²) in [7, 11) is 0. The smallest absolute Gasteiger partial charge is 0.406 e. The second-order valence-electron chi connectivity index (χ2n) is 6.53. The van der Waals surface area contributed by atoms with Crippen LogP contribution >= 0.6 is 0 Å². The molecular weight excluding hydrogens is 377 g/mol. The van der Waals surface area contributed by atoms with Crippen molar-refractivity contribution < 1.29 is 27.5 Å². The van der Waals surface area contributed by atoms with E-state index in [4.69, 9.17) is 0 Å². The highest BCUT2D eigenvalue weighted by molar-refractivity contribution is 5.96. The Morgan fingerprint density at radius 3 is 2.29 bits per heavy atom. The lowest BCUT2D eigenvalue weighted by Crippen LogP contribution is -2.55. The molecular formula is C18H25F3N4O3. The van der Waals surface area contributed by atoms with Crippen LogP contribution in [-0.2, 0) is 11.3 Å². The predicted molar refractivity (Wildman–Crippen MR) is 96.7 cm³/mol. The number of ether oxygens (including phenoxy) is 1. The minimum Gasteiger partial charge on any atom is -0.406 e. The number of imide groups is 1. The molecule has 0 bridgehead atoms. The average Bonchev–Trinajstić information content (AvgIpc) is 2.62. The van der Waals surface area contributed by atoms with Crippen molar-refractivity contribution in [1.29, 1.82) is 0 Å². The molecule has 28 heavy (non-hydrogen) atoms. The summed E-state index contributed by atoms with van der Waals surface area (Å²) in [5.74, 6) is -0.590. The molecule has 1 fully saturated rings. The standard InChI is InChI=1S/C18H25F3N4O3/c1-3-22-17(27)23-16(26)13(2)25-10-8-24(9-11-25)12-14-4-6-15(7-5-14)28-18(19,20)21/h4-7,13H,3,8-12H2,1-2H3,(H2,22,23,26,27)/t13-/m1/s1. The molecule has 1 aromatic rings. The molecule has 1 aromatic carbocycles. The van der Waals surface area contributed by atoms with Gasteiger partial charge >= 0.3 is 12.4 Å². The summed E-state index contributed by atoms with van der Waals surface area (Å²) in [5.41, 5.74) is 0.880. The maximum atomic E-state index is 12.2. The number of halogens is 3. The summed E-state index contributed by atoms with van der Waals surface area (Å²) >= 11 is 0. The van der Waals surface area contributed by atoms with E-state index in [2.05, 4.69) is 20.3 Å². The summed E-state index contributed by atoms with van der Waals surface area (Å²) < 4.78 is 40.5. The van der Waals surface area contributed by atoms with Gasteiger partial charge < -0.3 is 10.1 Å². The third-order valence-electron chi connectivity index (χ3n) is 4.47. The van der Waals surface area contributed by atoms with E-state index in [1.54, 1.807) is 26.0 Å². The van der Waals surface area contributed by atoms with Crippen LogP contribution in [-0.4, -0.2) is 66.9 Å². The zero-order valence-electron chi connectivity index (χ0n) is 15.9. The largest absolute Gasteiger partial charge is 0.573 e. The lowest BCUT2D eigenvalue weighted by molar-refractivity contribution is -0.274. The normalized spacial score (nSPS) is 17.0. The van der Waals surface area contributed by atoms with Crippen molar-refractivity contribution in [3.8, 4) is 5.75 Å². The summed E-state index contributed by atoms with van der Waals surface area (Å²) in [6.45, 7) is 7.28. The lowest BCUT2D eigenvalue weighted by Gasteiger charge is -2.37. The van der Waals surface area contributed by atoms with Crippen LogP contribution < -0.4 is 15.4 Å². The van der Waals surface area contributed by atoms with Gasteiger partial charge in [0.05, 0.1) is 6.04 Å². The molecule has 0 aliphatic carbocycles. The number of carbonyl (C=O) groups is 2. The summed E-state index contributed by atoms with van der Waals surface area (Å²) in [4.78, 5) is 27.7. The predicted octanol–water partition coefficient (Wildman–Crippen LogP) is 1.94. The monoisotopic (exact) mass is 402 g/mol. The molecule has 0 unspecified atom stereocenters. The van der Waals surface area contributed by atoms with Gasteiger partial charge in [0.25, 0.3) is 0 Å². The van der Waals surface area contributed by atoms with E-state index < -0.39 is 18.4 Å². The van der Waals surface area contributed by atoms with E-state index in [0.717, 1.165) is 5.56 Å². The van der Waals surface area contributed by atoms with Crippen LogP contribution in [0.3, 0.4) is 0 Å². The highest BCUT2D eigenvalue weighted by Crippen LogP contribution is 2.23. The molecule has 0 radical (unpaired) electrons. The van der Waals surface area contributed by atoms with Crippen molar-refractivity contribution in [3.63, 3.8) is 0 Å². The van der Waals surface area contributed by atoms with Crippen molar-refractivity contribution in [1.82, 2.24) is 20.4 Å². The third kappa shape index (κ3) is 7.01. The van der Waals surface area contributed by atoms with Crippen LogP contribution in [0, 0.1) is 0 Å². The van der Waals surface area contributed by atoms with Crippen molar-refractivity contribution in [2.75, 3.05) is 32.7 Å². The molecule has 1 heterocycles. The summed E-state index contributed by atoms with van der Waals surface area (Å²) in [5, 5.41) is 4.83. The minimum atomic E-state index is -4.70. The van der Waals surface area contributed by atoms with Crippen molar-refractivity contribution in [3.05, 3.63) is 29.8 Å². The highest BCUT2D eigenvalue weighted by Gasteiger charge is 2.31. The Morgan fingerprint density at radius 2 is 1.75 bits per heavy atom. The Balaban J connectivity index is 1.79. The Morgan fingerprint density at radius 1 is 1.14 bits per heavy atom. The minimum absolute atomic E-state index is 0.243. The Bertz CT molecular complexity index is 659. The molecule has 156 valence electrons. The number of rotatable bonds is 6. The van der Waals surface area contributed by atoms with Gasteiger partial charge in [0.2, 0.25) is 5.91 Å². The second-order valence-corrected chi connectivity index (χ2v) is 6.53. The molecule has 10 heteroatoms. The van der Waals surface area contributed by atoms with E-state index >= 15 is 0 Å². The molecule has 0 aromatic heterocycles. The number of carbonyl (C=O) groups excluding carboxylic acids is 2. The molecule has 7 nitrogen and oxygen atoms in total. The molecule has 0 saturated carbocycles. The first-order chi connectivity index (χ1) is 13.2. The van der Waals surface area contributed by atoms with Gasteiger partial charge in [0.1, 0.15) is 5.75 Å². The highest BCUT2D eigenvalue weighted by atomic mass is 19.4. The number of nitrogens with zero attached hydrogens (tertiary/aromatic N) is 2. The molecule has 3 amide bonds. The quantitative estimate of drug-likeness (QED) is 0.761. The topological polar surface area (TPSA) is 73.9 Å². The molecule has 1 aliphatic heterocycles. The number of hydrogen-bond acceptors (Lipinski definition) is 5. The number of urea groups is 1. The van der Waals surface area contributed by atoms with Crippen LogP contribution in [0.15, 0.2) is 24.3 Å². The van der Waals surface area contributed by atoms with Crippen LogP contribution in [0.1, 0.15) is 19.4 Å². The Kier molecular flexibility index (Phi) is 7.64. The van der Waals surface area contributed by atoms with Gasteiger partial charge in [-0.1, -0.05) is 12.1 Å². The van der Waals surface area contributed by atoms with E-state index in [9.17, 15) is 22.8 Å². The Hall–Kier alpha value is -2.33. The van der Waals surface area contributed by atoms with E-state index in [1.807, 2.05) is 4.90 Å². The first kappa shape index (κ1) is 22.0. The number of hydrogen-bond donors (Lipinski definition) is 2.